The van der Waals surface area contributed by atoms with Gasteiger partial charge in [0.05, 0.1) is 5.69 Å². The Morgan fingerprint density at radius 2 is 2.10 bits per heavy atom. The lowest BCUT2D eigenvalue weighted by atomic mass is 10.1. The molecule has 1 amide bonds. The third-order valence-corrected chi connectivity index (χ3v) is 4.26. The highest BCUT2D eigenvalue weighted by atomic mass is 35.5. The van der Waals surface area contributed by atoms with E-state index in [0.29, 0.717) is 6.54 Å². The number of anilines is 1. The van der Waals surface area contributed by atoms with Crippen molar-refractivity contribution in [3.05, 3.63) is 51.2 Å². The van der Waals surface area contributed by atoms with Gasteiger partial charge >= 0.3 is 0 Å². The largest absolute Gasteiger partial charge is 0.325 e. The molecule has 0 fully saturated rings. The minimum atomic E-state index is -0.0520. The lowest BCUT2D eigenvalue weighted by Gasteiger charge is -2.15. The molecule has 0 saturated heterocycles. The van der Waals surface area contributed by atoms with Crippen molar-refractivity contribution in [3.8, 4) is 0 Å². The van der Waals surface area contributed by atoms with E-state index in [4.69, 9.17) is 11.6 Å². The van der Waals surface area contributed by atoms with E-state index < -0.39 is 0 Å². The van der Waals surface area contributed by atoms with Gasteiger partial charge in [-0.2, -0.15) is 0 Å². The fraction of sp³-hybridized carbons (Fsp3) is 0.267. The van der Waals surface area contributed by atoms with Crippen LogP contribution in [0.15, 0.2) is 35.7 Å². The maximum Gasteiger partial charge on any atom is 0.221 e. The molecule has 106 valence electrons. The summed E-state index contributed by atoms with van der Waals surface area (Å²) < 4.78 is 0. The highest BCUT2D eigenvalue weighted by Crippen LogP contribution is 2.25. The summed E-state index contributed by atoms with van der Waals surface area (Å²) in [6, 6.07) is 9.88. The maximum atomic E-state index is 11.1. The Bertz CT molecular complexity index is 597. The van der Waals surface area contributed by atoms with E-state index in [1.165, 1.54) is 6.92 Å². The zero-order valence-corrected chi connectivity index (χ0v) is 13.0. The van der Waals surface area contributed by atoms with Crippen LogP contribution in [-0.2, 0) is 11.3 Å². The number of carbonyl (C=O) groups is 1. The molecule has 0 unspecified atom stereocenters. The van der Waals surface area contributed by atoms with Crippen molar-refractivity contribution in [1.82, 2.24) is 5.32 Å². The van der Waals surface area contributed by atoms with Crippen LogP contribution in [0, 0.1) is 0 Å². The SMILES string of the molecule is CC(=O)Nc1ccsc1CN[C@@H](C)c1ccccc1Cl. The minimum absolute atomic E-state index is 0.0520. The van der Waals surface area contributed by atoms with E-state index >= 15 is 0 Å². The molecular weight excluding hydrogens is 292 g/mol. The third-order valence-electron chi connectivity index (χ3n) is 3.00. The molecule has 20 heavy (non-hydrogen) atoms. The second-order valence-electron chi connectivity index (χ2n) is 4.56. The molecule has 3 nitrogen and oxygen atoms in total. The number of carbonyl (C=O) groups excluding carboxylic acids is 1. The number of thiophene rings is 1. The van der Waals surface area contributed by atoms with E-state index in [1.54, 1.807) is 11.3 Å². The first kappa shape index (κ1) is 15.0. The molecule has 0 aliphatic rings. The average molecular weight is 309 g/mol. The van der Waals surface area contributed by atoms with E-state index in [1.807, 2.05) is 35.7 Å². The number of benzene rings is 1. The van der Waals surface area contributed by atoms with Crippen molar-refractivity contribution < 1.29 is 4.79 Å². The Hall–Kier alpha value is -1.36. The van der Waals surface area contributed by atoms with Crippen molar-refractivity contribution in [2.75, 3.05) is 5.32 Å². The van der Waals surface area contributed by atoms with E-state index in [0.717, 1.165) is 21.2 Å². The second-order valence-corrected chi connectivity index (χ2v) is 5.97. The fourth-order valence-corrected chi connectivity index (χ4v) is 3.04. The predicted octanol–water partition coefficient (Wildman–Crippen LogP) is 4.21. The van der Waals surface area contributed by atoms with Gasteiger partial charge in [0, 0.05) is 29.4 Å². The molecule has 2 N–H and O–H groups in total. The van der Waals surface area contributed by atoms with E-state index in [2.05, 4.69) is 17.6 Å². The van der Waals surface area contributed by atoms with Gasteiger partial charge in [0.1, 0.15) is 0 Å². The molecule has 0 saturated carbocycles. The second kappa shape index (κ2) is 6.88. The first-order chi connectivity index (χ1) is 9.58. The quantitative estimate of drug-likeness (QED) is 0.868. The zero-order chi connectivity index (χ0) is 14.5. The summed E-state index contributed by atoms with van der Waals surface area (Å²) >= 11 is 7.81. The summed E-state index contributed by atoms with van der Waals surface area (Å²) in [5.74, 6) is -0.0520. The summed E-state index contributed by atoms with van der Waals surface area (Å²) in [4.78, 5) is 12.2. The Morgan fingerprint density at radius 3 is 2.80 bits per heavy atom. The van der Waals surface area contributed by atoms with Crippen molar-refractivity contribution in [3.63, 3.8) is 0 Å². The monoisotopic (exact) mass is 308 g/mol. The molecule has 2 rings (SSSR count). The van der Waals surface area contributed by atoms with Crippen molar-refractivity contribution >= 4 is 34.5 Å². The summed E-state index contributed by atoms with van der Waals surface area (Å²) in [7, 11) is 0. The summed E-state index contributed by atoms with van der Waals surface area (Å²) in [5, 5.41) is 9.00. The van der Waals surface area contributed by atoms with Crippen LogP contribution in [0.2, 0.25) is 5.02 Å². The number of halogens is 1. The van der Waals surface area contributed by atoms with Gasteiger partial charge in [-0.3, -0.25) is 4.79 Å². The fourth-order valence-electron chi connectivity index (χ4n) is 1.96. The predicted molar refractivity (Wildman–Crippen MR) is 85.3 cm³/mol. The zero-order valence-electron chi connectivity index (χ0n) is 11.4. The molecule has 1 aromatic heterocycles. The maximum absolute atomic E-state index is 11.1. The molecule has 2 aromatic rings. The Labute approximate surface area is 128 Å². The van der Waals surface area contributed by atoms with E-state index in [-0.39, 0.29) is 11.9 Å². The first-order valence-electron chi connectivity index (χ1n) is 6.39. The van der Waals surface area contributed by atoms with Gasteiger partial charge in [0.2, 0.25) is 5.91 Å². The van der Waals surface area contributed by atoms with Crippen LogP contribution in [0.1, 0.15) is 30.3 Å². The number of hydrogen-bond donors (Lipinski definition) is 2. The van der Waals surface area contributed by atoms with Crippen LogP contribution in [0.4, 0.5) is 5.69 Å². The van der Waals surface area contributed by atoms with Crippen molar-refractivity contribution in [1.29, 1.82) is 0 Å². The molecule has 0 spiro atoms. The highest BCUT2D eigenvalue weighted by molar-refractivity contribution is 7.10. The van der Waals surface area contributed by atoms with Crippen LogP contribution in [0.3, 0.4) is 0 Å². The molecule has 1 aromatic carbocycles. The molecule has 0 aliphatic heterocycles. The van der Waals surface area contributed by atoms with Crippen molar-refractivity contribution in [2.45, 2.75) is 26.4 Å². The number of rotatable bonds is 5. The molecule has 0 bridgehead atoms. The molecule has 0 radical (unpaired) electrons. The Morgan fingerprint density at radius 1 is 1.35 bits per heavy atom. The summed E-state index contributed by atoms with van der Waals surface area (Å²) in [6.07, 6.45) is 0. The van der Waals surface area contributed by atoms with Gasteiger partial charge in [0.25, 0.3) is 0 Å². The third kappa shape index (κ3) is 3.82. The molecule has 0 aliphatic carbocycles. The standard InChI is InChI=1S/C15H17ClN2OS/c1-10(12-5-3-4-6-13(12)16)17-9-15-14(7-8-20-15)18-11(2)19/h3-8,10,17H,9H2,1-2H3,(H,18,19)/t10-/m0/s1. The Balaban J connectivity index is 2.00. The summed E-state index contributed by atoms with van der Waals surface area (Å²) in [6.45, 7) is 4.29. The van der Waals surface area contributed by atoms with Gasteiger partial charge in [-0.1, -0.05) is 29.8 Å². The highest BCUT2D eigenvalue weighted by Gasteiger charge is 2.11. The molecular formula is C15H17ClN2OS. The number of hydrogen-bond acceptors (Lipinski definition) is 3. The van der Waals surface area contributed by atoms with Gasteiger partial charge in [-0.05, 0) is 30.0 Å². The van der Waals surface area contributed by atoms with Gasteiger partial charge in [0.15, 0.2) is 0 Å². The van der Waals surface area contributed by atoms with Gasteiger partial charge < -0.3 is 10.6 Å². The van der Waals surface area contributed by atoms with Gasteiger partial charge in [-0.15, -0.1) is 11.3 Å². The first-order valence-corrected chi connectivity index (χ1v) is 7.65. The van der Waals surface area contributed by atoms with Crippen LogP contribution < -0.4 is 10.6 Å². The van der Waals surface area contributed by atoms with Crippen molar-refractivity contribution in [2.24, 2.45) is 0 Å². The van der Waals surface area contributed by atoms with Crippen LogP contribution >= 0.6 is 22.9 Å². The lowest BCUT2D eigenvalue weighted by Crippen LogP contribution is -2.19. The summed E-state index contributed by atoms with van der Waals surface area (Å²) in [5.41, 5.74) is 1.95. The van der Waals surface area contributed by atoms with Crippen LogP contribution in [-0.4, -0.2) is 5.91 Å². The smallest absolute Gasteiger partial charge is 0.221 e. The number of amides is 1. The average Bonchev–Trinajstić information content (AvgIpc) is 2.83. The molecule has 1 heterocycles. The molecule has 1 atom stereocenters. The van der Waals surface area contributed by atoms with Gasteiger partial charge in [-0.25, -0.2) is 0 Å². The number of nitrogens with one attached hydrogen (secondary N) is 2. The molecule has 5 heteroatoms. The Kier molecular flexibility index (Phi) is 5.17. The van der Waals surface area contributed by atoms with Crippen LogP contribution in [0.25, 0.3) is 0 Å². The van der Waals surface area contributed by atoms with Crippen LogP contribution in [0.5, 0.6) is 0 Å². The lowest BCUT2D eigenvalue weighted by molar-refractivity contribution is -0.114. The topological polar surface area (TPSA) is 41.1 Å². The van der Waals surface area contributed by atoms with E-state index in [9.17, 15) is 4.79 Å². The minimum Gasteiger partial charge on any atom is -0.325 e. The normalized spacial score (nSPS) is 12.2.